The van der Waals surface area contributed by atoms with Crippen molar-refractivity contribution in [3.63, 3.8) is 0 Å². The zero-order valence-corrected chi connectivity index (χ0v) is 17.0. The van der Waals surface area contributed by atoms with Gasteiger partial charge in [-0.15, -0.1) is 0 Å². The van der Waals surface area contributed by atoms with Crippen molar-refractivity contribution in [3.8, 4) is 5.75 Å². The van der Waals surface area contributed by atoms with Crippen molar-refractivity contribution in [2.24, 2.45) is 0 Å². The number of amides is 1. The van der Waals surface area contributed by atoms with Crippen LogP contribution in [0.25, 0.3) is 0 Å². The SMILES string of the molecule is CCCCCCCOc1cccc(NC(=O)O[C@H](C)CN2CCCCC2)c1. The van der Waals surface area contributed by atoms with E-state index in [1.165, 1.54) is 44.9 Å². The summed E-state index contributed by atoms with van der Waals surface area (Å²) in [7, 11) is 0. The number of hydrogen-bond acceptors (Lipinski definition) is 4. The van der Waals surface area contributed by atoms with E-state index in [0.29, 0.717) is 12.3 Å². The molecule has 1 atom stereocenters. The lowest BCUT2D eigenvalue weighted by Crippen LogP contribution is -2.37. The molecule has 0 unspecified atom stereocenters. The highest BCUT2D eigenvalue weighted by molar-refractivity contribution is 5.84. The number of benzene rings is 1. The highest BCUT2D eigenvalue weighted by atomic mass is 16.6. The fourth-order valence-corrected chi connectivity index (χ4v) is 3.43. The first-order chi connectivity index (χ1) is 13.2. The van der Waals surface area contributed by atoms with E-state index < -0.39 is 6.09 Å². The fourth-order valence-electron chi connectivity index (χ4n) is 3.43. The topological polar surface area (TPSA) is 50.8 Å². The molecular weight excluding hydrogens is 340 g/mol. The molecule has 2 rings (SSSR count). The van der Waals surface area contributed by atoms with Crippen molar-refractivity contribution in [2.45, 2.75) is 71.3 Å². The van der Waals surface area contributed by atoms with Gasteiger partial charge in [0.1, 0.15) is 11.9 Å². The van der Waals surface area contributed by atoms with Gasteiger partial charge in [-0.05, 0) is 51.4 Å². The van der Waals surface area contributed by atoms with Gasteiger partial charge in [-0.25, -0.2) is 4.79 Å². The summed E-state index contributed by atoms with van der Waals surface area (Å²) in [6.45, 7) is 7.89. The lowest BCUT2D eigenvalue weighted by molar-refractivity contribution is 0.0833. The average Bonchev–Trinajstić information content (AvgIpc) is 2.65. The van der Waals surface area contributed by atoms with Crippen molar-refractivity contribution in [3.05, 3.63) is 24.3 Å². The van der Waals surface area contributed by atoms with Gasteiger partial charge in [0.2, 0.25) is 0 Å². The highest BCUT2D eigenvalue weighted by Crippen LogP contribution is 2.18. The van der Waals surface area contributed by atoms with Crippen molar-refractivity contribution >= 4 is 11.8 Å². The molecule has 0 aromatic heterocycles. The quantitative estimate of drug-likeness (QED) is 0.521. The predicted octanol–water partition coefficient (Wildman–Crippen LogP) is 5.46. The van der Waals surface area contributed by atoms with E-state index in [4.69, 9.17) is 9.47 Å². The molecule has 0 bridgehead atoms. The molecule has 1 aliphatic rings. The van der Waals surface area contributed by atoms with Crippen LogP contribution in [0.1, 0.15) is 65.2 Å². The van der Waals surface area contributed by atoms with E-state index in [1.807, 2.05) is 31.2 Å². The van der Waals surface area contributed by atoms with Gasteiger partial charge in [-0.2, -0.15) is 0 Å². The minimum absolute atomic E-state index is 0.120. The van der Waals surface area contributed by atoms with Crippen LogP contribution >= 0.6 is 0 Å². The van der Waals surface area contributed by atoms with E-state index in [-0.39, 0.29) is 6.10 Å². The summed E-state index contributed by atoms with van der Waals surface area (Å²) in [4.78, 5) is 14.5. The van der Waals surface area contributed by atoms with Crippen molar-refractivity contribution in [2.75, 3.05) is 31.6 Å². The maximum atomic E-state index is 12.1. The molecule has 27 heavy (non-hydrogen) atoms. The zero-order valence-electron chi connectivity index (χ0n) is 17.0. The second kappa shape index (κ2) is 12.6. The van der Waals surface area contributed by atoms with E-state index in [9.17, 15) is 4.79 Å². The molecule has 0 spiro atoms. The van der Waals surface area contributed by atoms with E-state index in [0.717, 1.165) is 31.8 Å². The molecular formula is C22H36N2O3. The standard InChI is InChI=1S/C22H36N2O3/c1-3-4-5-6-10-16-26-21-13-11-12-20(17-21)23-22(25)27-19(2)18-24-14-8-7-9-15-24/h11-13,17,19H,3-10,14-16,18H2,1-2H3,(H,23,25)/t19-/m1/s1. The van der Waals surface area contributed by atoms with Gasteiger partial charge in [0.15, 0.2) is 0 Å². The lowest BCUT2D eigenvalue weighted by atomic mass is 10.1. The number of likely N-dealkylation sites (tertiary alicyclic amines) is 1. The molecule has 0 radical (unpaired) electrons. The average molecular weight is 377 g/mol. The van der Waals surface area contributed by atoms with Gasteiger partial charge in [0.05, 0.1) is 6.61 Å². The Morgan fingerprint density at radius 3 is 2.70 bits per heavy atom. The van der Waals surface area contributed by atoms with Gasteiger partial charge >= 0.3 is 6.09 Å². The summed E-state index contributed by atoms with van der Waals surface area (Å²) in [6.07, 6.45) is 9.34. The maximum absolute atomic E-state index is 12.1. The van der Waals surface area contributed by atoms with Gasteiger partial charge < -0.3 is 9.47 Å². The summed E-state index contributed by atoms with van der Waals surface area (Å²) in [6, 6.07) is 7.51. The Bertz CT molecular complexity index is 544. The number of piperidine rings is 1. The lowest BCUT2D eigenvalue weighted by Gasteiger charge is -2.28. The Balaban J connectivity index is 1.68. The summed E-state index contributed by atoms with van der Waals surface area (Å²) in [5, 5.41) is 2.81. The monoisotopic (exact) mass is 376 g/mol. The Morgan fingerprint density at radius 2 is 1.93 bits per heavy atom. The van der Waals surface area contributed by atoms with Crippen LogP contribution in [0.3, 0.4) is 0 Å². The van der Waals surface area contributed by atoms with Crippen LogP contribution in [0.15, 0.2) is 24.3 Å². The largest absolute Gasteiger partial charge is 0.494 e. The Kier molecular flexibility index (Phi) is 10.1. The minimum atomic E-state index is -0.406. The molecule has 5 heteroatoms. The molecule has 1 N–H and O–H groups in total. The Labute approximate surface area is 164 Å². The second-order valence-corrected chi connectivity index (χ2v) is 7.49. The number of anilines is 1. The molecule has 0 saturated carbocycles. The highest BCUT2D eigenvalue weighted by Gasteiger charge is 2.16. The molecule has 1 amide bonds. The number of nitrogens with one attached hydrogen (secondary N) is 1. The van der Waals surface area contributed by atoms with Gasteiger partial charge in [0, 0.05) is 18.3 Å². The first-order valence-corrected chi connectivity index (χ1v) is 10.6. The Morgan fingerprint density at radius 1 is 1.15 bits per heavy atom. The molecule has 5 nitrogen and oxygen atoms in total. The molecule has 152 valence electrons. The molecule has 1 saturated heterocycles. The first-order valence-electron chi connectivity index (χ1n) is 10.6. The number of unbranched alkanes of at least 4 members (excludes halogenated alkanes) is 4. The fraction of sp³-hybridized carbons (Fsp3) is 0.682. The molecule has 1 aromatic rings. The maximum Gasteiger partial charge on any atom is 0.411 e. The van der Waals surface area contributed by atoms with Crippen LogP contribution in [0.4, 0.5) is 10.5 Å². The van der Waals surface area contributed by atoms with Crippen LogP contribution in [0, 0.1) is 0 Å². The van der Waals surface area contributed by atoms with Crippen molar-refractivity contribution in [1.29, 1.82) is 0 Å². The molecule has 1 aliphatic heterocycles. The van der Waals surface area contributed by atoms with E-state index >= 15 is 0 Å². The number of hydrogen-bond donors (Lipinski definition) is 1. The summed E-state index contributed by atoms with van der Waals surface area (Å²) in [5.41, 5.74) is 0.702. The third kappa shape index (κ3) is 9.14. The summed E-state index contributed by atoms with van der Waals surface area (Å²) in [5.74, 6) is 0.782. The minimum Gasteiger partial charge on any atom is -0.494 e. The number of carbonyl (C=O) groups excluding carboxylic acids is 1. The number of rotatable bonds is 11. The van der Waals surface area contributed by atoms with Crippen LogP contribution in [-0.4, -0.2) is 43.3 Å². The normalized spacial score (nSPS) is 15.9. The molecule has 0 aliphatic carbocycles. The van der Waals surface area contributed by atoms with Gasteiger partial charge in [0.25, 0.3) is 0 Å². The number of nitrogens with zero attached hydrogens (tertiary/aromatic N) is 1. The van der Waals surface area contributed by atoms with Gasteiger partial charge in [-0.1, -0.05) is 45.1 Å². The smallest absolute Gasteiger partial charge is 0.411 e. The summed E-state index contributed by atoms with van der Waals surface area (Å²) < 4.78 is 11.3. The summed E-state index contributed by atoms with van der Waals surface area (Å²) >= 11 is 0. The molecule has 1 aromatic carbocycles. The van der Waals surface area contributed by atoms with E-state index in [1.54, 1.807) is 0 Å². The third-order valence-electron chi connectivity index (χ3n) is 4.87. The molecule has 1 heterocycles. The second-order valence-electron chi connectivity index (χ2n) is 7.49. The number of carbonyl (C=O) groups is 1. The molecule has 1 fully saturated rings. The zero-order chi connectivity index (χ0) is 19.3. The van der Waals surface area contributed by atoms with Crippen LogP contribution in [-0.2, 0) is 4.74 Å². The first kappa shape index (κ1) is 21.5. The number of ether oxygens (including phenoxy) is 2. The van der Waals surface area contributed by atoms with Crippen LogP contribution in [0.5, 0.6) is 5.75 Å². The third-order valence-corrected chi connectivity index (χ3v) is 4.87. The van der Waals surface area contributed by atoms with Crippen molar-refractivity contribution in [1.82, 2.24) is 4.90 Å². The van der Waals surface area contributed by atoms with Crippen LogP contribution in [0.2, 0.25) is 0 Å². The predicted molar refractivity (Wildman–Crippen MR) is 111 cm³/mol. The van der Waals surface area contributed by atoms with Crippen LogP contribution < -0.4 is 10.1 Å². The van der Waals surface area contributed by atoms with Gasteiger partial charge in [-0.3, -0.25) is 10.2 Å². The Hall–Kier alpha value is -1.75. The van der Waals surface area contributed by atoms with Crippen molar-refractivity contribution < 1.29 is 14.3 Å². The van der Waals surface area contributed by atoms with E-state index in [2.05, 4.69) is 17.1 Å².